The normalized spacial score (nSPS) is 16.7. The van der Waals surface area contributed by atoms with E-state index in [-0.39, 0.29) is 11.9 Å². The lowest BCUT2D eigenvalue weighted by molar-refractivity contribution is -0.137. The van der Waals surface area contributed by atoms with Gasteiger partial charge in [-0.05, 0) is 60.5 Å². The molecule has 148 valence electrons. The molecule has 6 heteroatoms. The van der Waals surface area contributed by atoms with Gasteiger partial charge in [0, 0.05) is 29.2 Å². The molecule has 0 fully saturated rings. The van der Waals surface area contributed by atoms with Gasteiger partial charge >= 0.3 is 5.97 Å². The van der Waals surface area contributed by atoms with Gasteiger partial charge in [-0.2, -0.15) is 0 Å². The summed E-state index contributed by atoms with van der Waals surface area (Å²) in [5.41, 5.74) is 3.00. The van der Waals surface area contributed by atoms with Crippen molar-refractivity contribution >= 4 is 35.0 Å². The maximum Gasteiger partial charge on any atom is 0.330 e. The molecule has 5 nitrogen and oxygen atoms in total. The van der Waals surface area contributed by atoms with Crippen LogP contribution in [0.3, 0.4) is 0 Å². The molecule has 1 atom stereocenters. The summed E-state index contributed by atoms with van der Waals surface area (Å²) in [7, 11) is 0. The Morgan fingerprint density at radius 2 is 2.04 bits per heavy atom. The average Bonchev–Trinajstić information content (AvgIpc) is 3.16. The fourth-order valence-corrected chi connectivity index (χ4v) is 4.46. The fraction of sp³-hybridized carbons (Fsp3) is 0.364. The number of carbonyl (C=O) groups excluding carboxylic acids is 2. The number of ether oxygens (including phenoxy) is 1. The van der Waals surface area contributed by atoms with E-state index in [0.29, 0.717) is 19.2 Å². The molecule has 2 aromatic rings. The number of hydrogen-bond acceptors (Lipinski definition) is 5. The second-order valence-corrected chi connectivity index (χ2v) is 7.70. The van der Waals surface area contributed by atoms with Crippen molar-refractivity contribution in [1.29, 1.82) is 0 Å². The van der Waals surface area contributed by atoms with Gasteiger partial charge < -0.3 is 10.1 Å². The van der Waals surface area contributed by atoms with Crippen LogP contribution in [0.15, 0.2) is 41.8 Å². The quantitative estimate of drug-likeness (QED) is 0.559. The highest BCUT2D eigenvalue weighted by atomic mass is 32.1. The lowest BCUT2D eigenvalue weighted by atomic mass is 9.98. The Hall–Kier alpha value is -2.44. The van der Waals surface area contributed by atoms with Gasteiger partial charge in [0.15, 0.2) is 0 Å². The molecule has 1 aromatic carbocycles. The van der Waals surface area contributed by atoms with Crippen molar-refractivity contribution in [2.24, 2.45) is 0 Å². The summed E-state index contributed by atoms with van der Waals surface area (Å²) >= 11 is 1.82. The number of carbonyl (C=O) groups is 2. The molecule has 3 rings (SSSR count). The van der Waals surface area contributed by atoms with Crippen LogP contribution >= 0.6 is 11.3 Å². The van der Waals surface area contributed by atoms with Crippen LogP contribution in [0.2, 0.25) is 0 Å². The predicted octanol–water partition coefficient (Wildman–Crippen LogP) is 4.27. The molecule has 0 saturated carbocycles. The van der Waals surface area contributed by atoms with Crippen molar-refractivity contribution in [3.05, 3.63) is 57.8 Å². The minimum Gasteiger partial charge on any atom is -0.463 e. The highest BCUT2D eigenvalue weighted by molar-refractivity contribution is 7.10. The van der Waals surface area contributed by atoms with Gasteiger partial charge in [-0.3, -0.25) is 9.69 Å². The molecule has 0 saturated heterocycles. The predicted molar refractivity (Wildman–Crippen MR) is 113 cm³/mol. The number of thiophene rings is 1. The highest BCUT2D eigenvalue weighted by Crippen LogP contribution is 2.34. The Balaban J connectivity index is 1.56. The Labute approximate surface area is 170 Å². The van der Waals surface area contributed by atoms with Crippen LogP contribution in [0.5, 0.6) is 0 Å². The van der Waals surface area contributed by atoms with Crippen molar-refractivity contribution in [3.8, 4) is 0 Å². The number of benzene rings is 1. The lowest BCUT2D eigenvalue weighted by Crippen LogP contribution is -2.40. The van der Waals surface area contributed by atoms with Crippen LogP contribution in [0.1, 0.15) is 42.3 Å². The molecule has 1 N–H and O–H groups in total. The van der Waals surface area contributed by atoms with E-state index in [4.69, 9.17) is 4.74 Å². The van der Waals surface area contributed by atoms with Crippen molar-refractivity contribution in [2.75, 3.05) is 25.0 Å². The van der Waals surface area contributed by atoms with Gasteiger partial charge in [0.05, 0.1) is 13.2 Å². The molecule has 0 spiro atoms. The first kappa shape index (κ1) is 20.3. The number of fused-ring (bicyclic) bond motifs is 1. The number of nitrogens with one attached hydrogen (secondary N) is 1. The van der Waals surface area contributed by atoms with Crippen LogP contribution in [-0.2, 0) is 20.7 Å². The third-order valence-electron chi connectivity index (χ3n) is 4.83. The van der Waals surface area contributed by atoms with Gasteiger partial charge in [-0.1, -0.05) is 19.1 Å². The molecule has 2 heterocycles. The van der Waals surface area contributed by atoms with E-state index in [0.717, 1.165) is 30.6 Å². The van der Waals surface area contributed by atoms with Crippen LogP contribution < -0.4 is 5.32 Å². The van der Waals surface area contributed by atoms with Crippen molar-refractivity contribution in [1.82, 2.24) is 4.90 Å². The minimum atomic E-state index is -0.360. The van der Waals surface area contributed by atoms with Gasteiger partial charge in [0.2, 0.25) is 5.91 Å². The van der Waals surface area contributed by atoms with E-state index in [9.17, 15) is 9.59 Å². The van der Waals surface area contributed by atoms with Gasteiger partial charge in [0.25, 0.3) is 0 Å². The van der Waals surface area contributed by atoms with Crippen LogP contribution in [0.25, 0.3) is 6.08 Å². The molecule has 1 aromatic heterocycles. The molecule has 1 amide bonds. The average molecular weight is 399 g/mol. The first-order valence-electron chi connectivity index (χ1n) is 9.65. The first-order chi connectivity index (χ1) is 13.6. The van der Waals surface area contributed by atoms with Gasteiger partial charge in [-0.15, -0.1) is 11.3 Å². The molecule has 28 heavy (non-hydrogen) atoms. The van der Waals surface area contributed by atoms with E-state index in [2.05, 4.69) is 28.6 Å². The summed E-state index contributed by atoms with van der Waals surface area (Å²) in [5.74, 6) is -0.368. The van der Waals surface area contributed by atoms with E-state index in [1.54, 1.807) is 13.0 Å². The molecular formula is C22H26N2O3S. The zero-order chi connectivity index (χ0) is 19.9. The third-order valence-corrected chi connectivity index (χ3v) is 5.83. The summed E-state index contributed by atoms with van der Waals surface area (Å²) in [6, 6.07) is 9.91. The second-order valence-electron chi connectivity index (χ2n) is 6.70. The molecule has 0 bridgehead atoms. The summed E-state index contributed by atoms with van der Waals surface area (Å²) in [5, 5.41) is 5.12. The smallest absolute Gasteiger partial charge is 0.330 e. The standard InChI is InChI=1S/C22H26N2O3S/c1-3-19-18-12-14-28-20(18)11-13-24(19)15-21(25)23-17-8-5-16(6-9-17)7-10-22(26)27-4-2/h5-10,12,14,19H,3-4,11,13,15H2,1-2H3,(H,23,25)/b10-7+. The van der Waals surface area contributed by atoms with Crippen molar-refractivity contribution in [2.45, 2.75) is 32.7 Å². The minimum absolute atomic E-state index is 0.00746. The number of rotatable bonds is 7. The van der Waals surface area contributed by atoms with E-state index in [1.165, 1.54) is 16.5 Å². The maximum atomic E-state index is 12.5. The Morgan fingerprint density at radius 1 is 1.25 bits per heavy atom. The molecule has 0 radical (unpaired) electrons. The topological polar surface area (TPSA) is 58.6 Å². The molecule has 0 aliphatic carbocycles. The number of esters is 1. The van der Waals surface area contributed by atoms with Crippen LogP contribution in [0.4, 0.5) is 5.69 Å². The Kier molecular flexibility index (Phi) is 7.01. The fourth-order valence-electron chi connectivity index (χ4n) is 3.53. The number of anilines is 1. The monoisotopic (exact) mass is 398 g/mol. The van der Waals surface area contributed by atoms with Gasteiger partial charge in [-0.25, -0.2) is 4.79 Å². The zero-order valence-electron chi connectivity index (χ0n) is 16.3. The molecular weight excluding hydrogens is 372 g/mol. The summed E-state index contributed by atoms with van der Waals surface area (Å²) in [6.45, 7) is 5.60. The second kappa shape index (κ2) is 9.66. The van der Waals surface area contributed by atoms with Crippen molar-refractivity contribution in [3.63, 3.8) is 0 Å². The number of hydrogen-bond donors (Lipinski definition) is 1. The molecule has 1 aliphatic heterocycles. The van der Waals surface area contributed by atoms with Gasteiger partial charge in [0.1, 0.15) is 0 Å². The largest absolute Gasteiger partial charge is 0.463 e. The molecule has 1 aliphatic rings. The number of amides is 1. The first-order valence-corrected chi connectivity index (χ1v) is 10.5. The maximum absolute atomic E-state index is 12.5. The zero-order valence-corrected chi connectivity index (χ0v) is 17.1. The van der Waals surface area contributed by atoms with E-state index >= 15 is 0 Å². The summed E-state index contributed by atoms with van der Waals surface area (Å²) in [6.07, 6.45) is 5.11. The Bertz CT molecular complexity index is 842. The highest BCUT2D eigenvalue weighted by Gasteiger charge is 2.28. The van der Waals surface area contributed by atoms with E-state index in [1.807, 2.05) is 35.6 Å². The summed E-state index contributed by atoms with van der Waals surface area (Å²) in [4.78, 5) is 27.6. The van der Waals surface area contributed by atoms with Crippen LogP contribution in [0, 0.1) is 0 Å². The summed E-state index contributed by atoms with van der Waals surface area (Å²) < 4.78 is 4.86. The van der Waals surface area contributed by atoms with Crippen molar-refractivity contribution < 1.29 is 14.3 Å². The number of nitrogens with zero attached hydrogens (tertiary/aromatic N) is 1. The molecule has 1 unspecified atom stereocenters. The van der Waals surface area contributed by atoms with E-state index < -0.39 is 0 Å². The van der Waals surface area contributed by atoms with Crippen LogP contribution in [-0.4, -0.2) is 36.5 Å². The SMILES string of the molecule is CCOC(=O)/C=C/c1ccc(NC(=O)CN2CCc3sccc3C2CC)cc1. The Morgan fingerprint density at radius 3 is 2.75 bits per heavy atom. The lowest BCUT2D eigenvalue weighted by Gasteiger charge is -2.34. The third kappa shape index (κ3) is 5.09.